The van der Waals surface area contributed by atoms with E-state index in [9.17, 15) is 9.90 Å². The third-order valence-electron chi connectivity index (χ3n) is 3.17. The van der Waals surface area contributed by atoms with Gasteiger partial charge in [0, 0.05) is 5.56 Å². The third-order valence-corrected chi connectivity index (χ3v) is 3.17. The SMILES string of the molecule is COc1ccc(-c2ccc(O)c(C=O)c2)c(OC)c1OC. The highest BCUT2D eigenvalue weighted by molar-refractivity contribution is 5.85. The minimum absolute atomic E-state index is 0.0619. The summed E-state index contributed by atoms with van der Waals surface area (Å²) in [6.07, 6.45) is 0.603. The number of methoxy groups -OCH3 is 3. The molecule has 0 aliphatic rings. The monoisotopic (exact) mass is 288 g/mol. The van der Waals surface area contributed by atoms with Gasteiger partial charge in [0.15, 0.2) is 17.8 Å². The van der Waals surface area contributed by atoms with Crippen molar-refractivity contribution in [2.75, 3.05) is 21.3 Å². The van der Waals surface area contributed by atoms with Crippen LogP contribution in [0.3, 0.4) is 0 Å². The third kappa shape index (κ3) is 2.63. The van der Waals surface area contributed by atoms with E-state index in [1.54, 1.807) is 31.4 Å². The molecule has 2 aromatic carbocycles. The van der Waals surface area contributed by atoms with Gasteiger partial charge in [-0.2, -0.15) is 0 Å². The van der Waals surface area contributed by atoms with Crippen LogP contribution in [0.15, 0.2) is 30.3 Å². The maximum Gasteiger partial charge on any atom is 0.203 e. The summed E-state index contributed by atoms with van der Waals surface area (Å²) in [5.41, 5.74) is 1.68. The largest absolute Gasteiger partial charge is 0.507 e. The molecule has 0 unspecified atom stereocenters. The first-order chi connectivity index (χ1) is 10.2. The average Bonchev–Trinajstić information content (AvgIpc) is 2.53. The number of phenolic OH excluding ortho intramolecular Hbond substituents is 1. The maximum atomic E-state index is 11.0. The number of carbonyl (C=O) groups excluding carboxylic acids is 1. The van der Waals surface area contributed by atoms with Gasteiger partial charge >= 0.3 is 0 Å². The van der Waals surface area contributed by atoms with Crippen LogP contribution in [0.25, 0.3) is 11.1 Å². The van der Waals surface area contributed by atoms with Crippen LogP contribution in [0, 0.1) is 0 Å². The molecule has 5 heteroatoms. The quantitative estimate of drug-likeness (QED) is 0.857. The van der Waals surface area contributed by atoms with Crippen LogP contribution in [-0.2, 0) is 0 Å². The number of carbonyl (C=O) groups is 1. The fourth-order valence-electron chi connectivity index (χ4n) is 2.15. The van der Waals surface area contributed by atoms with Crippen LogP contribution in [0.4, 0.5) is 0 Å². The van der Waals surface area contributed by atoms with Crippen LogP contribution in [0.2, 0.25) is 0 Å². The predicted octanol–water partition coefficient (Wildman–Crippen LogP) is 2.90. The maximum absolute atomic E-state index is 11.0. The zero-order chi connectivity index (χ0) is 15.4. The zero-order valence-corrected chi connectivity index (χ0v) is 12.0. The van der Waals surface area contributed by atoms with Crippen LogP contribution in [0.5, 0.6) is 23.0 Å². The second kappa shape index (κ2) is 6.17. The predicted molar refractivity (Wildman–Crippen MR) is 78.6 cm³/mol. The smallest absolute Gasteiger partial charge is 0.203 e. The lowest BCUT2D eigenvalue weighted by atomic mass is 10.0. The lowest BCUT2D eigenvalue weighted by Crippen LogP contribution is -1.97. The van der Waals surface area contributed by atoms with Crippen LogP contribution < -0.4 is 14.2 Å². The van der Waals surface area contributed by atoms with Gasteiger partial charge in [0.25, 0.3) is 0 Å². The molecule has 0 heterocycles. The van der Waals surface area contributed by atoms with E-state index in [0.717, 1.165) is 11.1 Å². The molecule has 0 saturated carbocycles. The molecule has 0 saturated heterocycles. The van der Waals surface area contributed by atoms with E-state index < -0.39 is 0 Å². The molecule has 0 atom stereocenters. The van der Waals surface area contributed by atoms with Gasteiger partial charge in [-0.05, 0) is 29.8 Å². The second-order valence-corrected chi connectivity index (χ2v) is 4.27. The number of aldehydes is 1. The summed E-state index contributed by atoms with van der Waals surface area (Å²) in [6.45, 7) is 0. The van der Waals surface area contributed by atoms with Gasteiger partial charge < -0.3 is 19.3 Å². The first kappa shape index (κ1) is 14.7. The van der Waals surface area contributed by atoms with Crippen molar-refractivity contribution < 1.29 is 24.1 Å². The van der Waals surface area contributed by atoms with Gasteiger partial charge in [0.1, 0.15) is 5.75 Å². The molecule has 0 radical (unpaired) electrons. The Balaban J connectivity index is 2.66. The van der Waals surface area contributed by atoms with Crippen molar-refractivity contribution in [3.63, 3.8) is 0 Å². The van der Waals surface area contributed by atoms with Gasteiger partial charge in [0.2, 0.25) is 5.75 Å². The molecule has 2 rings (SSSR count). The van der Waals surface area contributed by atoms with Crippen molar-refractivity contribution in [2.45, 2.75) is 0 Å². The van der Waals surface area contributed by atoms with E-state index in [1.807, 2.05) is 0 Å². The van der Waals surface area contributed by atoms with Gasteiger partial charge in [0.05, 0.1) is 26.9 Å². The highest BCUT2D eigenvalue weighted by Gasteiger charge is 2.17. The molecule has 21 heavy (non-hydrogen) atoms. The Labute approximate surface area is 122 Å². The minimum Gasteiger partial charge on any atom is -0.507 e. The number of hydrogen-bond acceptors (Lipinski definition) is 5. The number of benzene rings is 2. The summed E-state index contributed by atoms with van der Waals surface area (Å²) in [6, 6.07) is 8.32. The normalized spacial score (nSPS) is 10.0. The minimum atomic E-state index is -0.0619. The first-order valence-electron chi connectivity index (χ1n) is 6.23. The van der Waals surface area contributed by atoms with Crippen LogP contribution >= 0.6 is 0 Å². The molecule has 0 amide bonds. The van der Waals surface area contributed by atoms with Crippen molar-refractivity contribution in [1.29, 1.82) is 0 Å². The molecule has 2 aromatic rings. The molecular weight excluding hydrogens is 272 g/mol. The van der Waals surface area contributed by atoms with Crippen molar-refractivity contribution in [1.82, 2.24) is 0 Å². The van der Waals surface area contributed by atoms with Gasteiger partial charge in [-0.3, -0.25) is 4.79 Å². The molecule has 1 N–H and O–H groups in total. The van der Waals surface area contributed by atoms with Crippen LogP contribution in [0.1, 0.15) is 10.4 Å². The summed E-state index contributed by atoms with van der Waals surface area (Å²) < 4.78 is 16.0. The summed E-state index contributed by atoms with van der Waals surface area (Å²) in [5, 5.41) is 9.58. The number of aromatic hydroxyl groups is 1. The Morgan fingerprint density at radius 2 is 1.67 bits per heavy atom. The molecule has 0 fully saturated rings. The topological polar surface area (TPSA) is 65.0 Å². The van der Waals surface area contributed by atoms with E-state index in [0.29, 0.717) is 23.5 Å². The lowest BCUT2D eigenvalue weighted by molar-refractivity contribution is 0.112. The van der Waals surface area contributed by atoms with Crippen molar-refractivity contribution in [2.24, 2.45) is 0 Å². The molecule has 0 bridgehead atoms. The molecule has 0 aliphatic carbocycles. The Kier molecular flexibility index (Phi) is 4.33. The molecule has 0 aliphatic heterocycles. The molecule has 0 aromatic heterocycles. The molecule has 0 spiro atoms. The highest BCUT2D eigenvalue weighted by Crippen LogP contribution is 2.44. The van der Waals surface area contributed by atoms with E-state index in [1.165, 1.54) is 20.3 Å². The number of phenols is 1. The summed E-state index contributed by atoms with van der Waals surface area (Å²) in [4.78, 5) is 11.0. The average molecular weight is 288 g/mol. The zero-order valence-electron chi connectivity index (χ0n) is 12.0. The Hall–Kier alpha value is -2.69. The van der Waals surface area contributed by atoms with Crippen molar-refractivity contribution in [3.05, 3.63) is 35.9 Å². The molecule has 110 valence electrons. The lowest BCUT2D eigenvalue weighted by Gasteiger charge is -2.16. The summed E-state index contributed by atoms with van der Waals surface area (Å²) in [7, 11) is 4.60. The number of hydrogen-bond donors (Lipinski definition) is 1. The molecule has 5 nitrogen and oxygen atoms in total. The fourth-order valence-corrected chi connectivity index (χ4v) is 2.15. The first-order valence-corrected chi connectivity index (χ1v) is 6.23. The van der Waals surface area contributed by atoms with Crippen molar-refractivity contribution >= 4 is 6.29 Å². The highest BCUT2D eigenvalue weighted by atomic mass is 16.5. The second-order valence-electron chi connectivity index (χ2n) is 4.27. The number of ether oxygens (including phenoxy) is 3. The van der Waals surface area contributed by atoms with E-state index in [-0.39, 0.29) is 11.3 Å². The Morgan fingerprint density at radius 3 is 2.24 bits per heavy atom. The van der Waals surface area contributed by atoms with Gasteiger partial charge in [-0.1, -0.05) is 6.07 Å². The number of rotatable bonds is 5. The summed E-state index contributed by atoms with van der Waals surface area (Å²) in [5.74, 6) is 1.46. The molecular formula is C16H16O5. The van der Waals surface area contributed by atoms with Crippen LogP contribution in [-0.4, -0.2) is 32.7 Å². The fraction of sp³-hybridized carbons (Fsp3) is 0.188. The Bertz CT molecular complexity index is 664. The standard InChI is InChI=1S/C16H16O5/c1-19-14-7-5-12(15(20-2)16(14)21-3)10-4-6-13(18)11(8-10)9-17/h4-9,18H,1-3H3. The van der Waals surface area contributed by atoms with Crippen molar-refractivity contribution in [3.8, 4) is 34.1 Å². The summed E-state index contributed by atoms with van der Waals surface area (Å²) >= 11 is 0. The van der Waals surface area contributed by atoms with Gasteiger partial charge in [-0.15, -0.1) is 0 Å². The van der Waals surface area contributed by atoms with E-state index in [4.69, 9.17) is 14.2 Å². The van der Waals surface area contributed by atoms with E-state index >= 15 is 0 Å². The van der Waals surface area contributed by atoms with E-state index in [2.05, 4.69) is 0 Å². The Morgan fingerprint density at radius 1 is 0.952 bits per heavy atom. The van der Waals surface area contributed by atoms with Gasteiger partial charge in [-0.25, -0.2) is 0 Å².